The van der Waals surface area contributed by atoms with Gasteiger partial charge in [0.25, 0.3) is 0 Å². The summed E-state index contributed by atoms with van der Waals surface area (Å²) in [6, 6.07) is 2.25. The van der Waals surface area contributed by atoms with Crippen LogP contribution in [0.1, 0.15) is 51.5 Å². The summed E-state index contributed by atoms with van der Waals surface area (Å²) in [7, 11) is 0. The van der Waals surface area contributed by atoms with E-state index in [1.54, 1.807) is 6.20 Å². The van der Waals surface area contributed by atoms with Crippen LogP contribution in [0.2, 0.25) is 0 Å². The molecule has 7 heteroatoms. The number of hydrogen-bond acceptors (Lipinski definition) is 5. The maximum Gasteiger partial charge on any atom is 0.310 e. The molecule has 3 rings (SSSR count). The molecule has 2 fully saturated rings. The summed E-state index contributed by atoms with van der Waals surface area (Å²) in [5.41, 5.74) is 0. The van der Waals surface area contributed by atoms with Gasteiger partial charge in [0, 0.05) is 12.6 Å². The van der Waals surface area contributed by atoms with E-state index in [1.807, 2.05) is 22.6 Å². The first-order valence-electron chi connectivity index (χ1n) is 9.39. The number of piperidine rings is 1. The summed E-state index contributed by atoms with van der Waals surface area (Å²) in [6.45, 7) is 3.95. The fourth-order valence-electron chi connectivity index (χ4n) is 3.89. The summed E-state index contributed by atoms with van der Waals surface area (Å²) >= 11 is 0. The number of nitrogens with one attached hydrogen (secondary N) is 1. The van der Waals surface area contributed by atoms with Gasteiger partial charge in [0.1, 0.15) is 5.82 Å². The van der Waals surface area contributed by atoms with Gasteiger partial charge in [-0.15, -0.1) is 0 Å². The summed E-state index contributed by atoms with van der Waals surface area (Å²) in [6.07, 6.45) is 8.19. The van der Waals surface area contributed by atoms with E-state index >= 15 is 0 Å². The van der Waals surface area contributed by atoms with Crippen molar-refractivity contribution >= 4 is 17.7 Å². The molecule has 0 aromatic carbocycles. The molecule has 138 valence electrons. The lowest BCUT2D eigenvalue weighted by Crippen LogP contribution is -2.43. The van der Waals surface area contributed by atoms with Crippen LogP contribution < -0.4 is 5.32 Å². The molecule has 0 radical (unpaired) electrons. The summed E-state index contributed by atoms with van der Waals surface area (Å²) in [4.78, 5) is 26.4. The normalized spacial score (nSPS) is 22.0. The standard InChI is InChI=1S/C18H28N4O3/c1-2-25-18(24)14-6-5-11-21(12-14)13-17(23)20-16-9-10-19-22(16)15-7-3-4-8-15/h9-10,14-15H,2-8,11-13H2,1H3,(H,20,23). The predicted octanol–water partition coefficient (Wildman–Crippen LogP) is 2.21. The van der Waals surface area contributed by atoms with E-state index in [-0.39, 0.29) is 17.8 Å². The molecular weight excluding hydrogens is 320 g/mol. The molecule has 1 amide bonds. The van der Waals surface area contributed by atoms with Gasteiger partial charge >= 0.3 is 5.97 Å². The van der Waals surface area contributed by atoms with Crippen molar-refractivity contribution in [3.05, 3.63) is 12.3 Å². The molecule has 1 saturated carbocycles. The van der Waals surface area contributed by atoms with Gasteiger partial charge in [0.2, 0.25) is 5.91 Å². The SMILES string of the molecule is CCOC(=O)C1CCCN(CC(=O)Nc2ccnn2C2CCCC2)C1. The van der Waals surface area contributed by atoms with E-state index in [2.05, 4.69) is 10.4 Å². The molecule has 1 atom stereocenters. The maximum atomic E-state index is 12.4. The second-order valence-corrected chi connectivity index (χ2v) is 6.97. The van der Waals surface area contributed by atoms with Crippen molar-refractivity contribution in [2.24, 2.45) is 5.92 Å². The number of likely N-dealkylation sites (tertiary alicyclic amines) is 1. The Morgan fingerprint density at radius 1 is 1.28 bits per heavy atom. The minimum absolute atomic E-state index is 0.0516. The number of amides is 1. The number of ether oxygens (including phenoxy) is 1. The number of hydrogen-bond donors (Lipinski definition) is 1. The first-order valence-corrected chi connectivity index (χ1v) is 9.39. The molecule has 7 nitrogen and oxygen atoms in total. The topological polar surface area (TPSA) is 76.5 Å². The fraction of sp³-hybridized carbons (Fsp3) is 0.722. The number of nitrogens with zero attached hydrogens (tertiary/aromatic N) is 3. The van der Waals surface area contributed by atoms with Crippen molar-refractivity contribution in [2.75, 3.05) is 31.6 Å². The second kappa shape index (κ2) is 8.47. The Morgan fingerprint density at radius 3 is 2.84 bits per heavy atom. The van der Waals surface area contributed by atoms with Gasteiger partial charge in [-0.2, -0.15) is 5.10 Å². The third-order valence-corrected chi connectivity index (χ3v) is 5.10. The monoisotopic (exact) mass is 348 g/mol. The van der Waals surface area contributed by atoms with Crippen molar-refractivity contribution in [2.45, 2.75) is 51.5 Å². The Labute approximate surface area is 148 Å². The van der Waals surface area contributed by atoms with Gasteiger partial charge in [-0.3, -0.25) is 14.5 Å². The molecule has 0 bridgehead atoms. The van der Waals surface area contributed by atoms with E-state index in [0.29, 0.717) is 25.7 Å². The fourth-order valence-corrected chi connectivity index (χ4v) is 3.89. The Morgan fingerprint density at radius 2 is 2.08 bits per heavy atom. The average Bonchev–Trinajstić information content (AvgIpc) is 3.26. The van der Waals surface area contributed by atoms with Gasteiger partial charge in [-0.1, -0.05) is 12.8 Å². The number of rotatable bonds is 6. The zero-order chi connectivity index (χ0) is 17.6. The molecular formula is C18H28N4O3. The van der Waals surface area contributed by atoms with Crippen molar-refractivity contribution in [3.8, 4) is 0 Å². The van der Waals surface area contributed by atoms with Crippen LogP contribution in [0.5, 0.6) is 0 Å². The van der Waals surface area contributed by atoms with E-state index in [0.717, 1.165) is 38.0 Å². The molecule has 1 aromatic heterocycles. The molecule has 1 aromatic rings. The van der Waals surface area contributed by atoms with E-state index in [4.69, 9.17) is 4.74 Å². The van der Waals surface area contributed by atoms with Crippen molar-refractivity contribution in [1.29, 1.82) is 0 Å². The molecule has 1 unspecified atom stereocenters. The third kappa shape index (κ3) is 4.60. The smallest absolute Gasteiger partial charge is 0.310 e. The molecule has 1 aliphatic carbocycles. The lowest BCUT2D eigenvalue weighted by atomic mass is 9.98. The molecule has 1 N–H and O–H groups in total. The first-order chi connectivity index (χ1) is 12.2. The highest BCUT2D eigenvalue weighted by atomic mass is 16.5. The van der Waals surface area contributed by atoms with Crippen molar-refractivity contribution in [3.63, 3.8) is 0 Å². The Hall–Kier alpha value is -1.89. The molecule has 1 saturated heterocycles. The van der Waals surface area contributed by atoms with Crippen LogP contribution in [0.25, 0.3) is 0 Å². The van der Waals surface area contributed by atoms with Gasteiger partial charge in [-0.05, 0) is 39.2 Å². The second-order valence-electron chi connectivity index (χ2n) is 6.97. The van der Waals surface area contributed by atoms with Gasteiger partial charge in [0.15, 0.2) is 0 Å². The van der Waals surface area contributed by atoms with Crippen LogP contribution >= 0.6 is 0 Å². The van der Waals surface area contributed by atoms with Crippen molar-refractivity contribution < 1.29 is 14.3 Å². The Balaban J connectivity index is 1.52. The average molecular weight is 348 g/mol. The minimum atomic E-state index is -0.146. The van der Waals surface area contributed by atoms with Crippen LogP contribution in [0.3, 0.4) is 0 Å². The van der Waals surface area contributed by atoms with Crippen LogP contribution in [0, 0.1) is 5.92 Å². The van der Waals surface area contributed by atoms with E-state index in [9.17, 15) is 9.59 Å². The van der Waals surface area contributed by atoms with E-state index < -0.39 is 0 Å². The zero-order valence-corrected chi connectivity index (χ0v) is 14.9. The van der Waals surface area contributed by atoms with Gasteiger partial charge in [-0.25, -0.2) is 4.68 Å². The number of carbonyl (C=O) groups excluding carboxylic acids is 2. The minimum Gasteiger partial charge on any atom is -0.466 e. The van der Waals surface area contributed by atoms with Gasteiger partial charge < -0.3 is 10.1 Å². The van der Waals surface area contributed by atoms with Crippen LogP contribution in [0.15, 0.2) is 12.3 Å². The number of aromatic nitrogens is 2. The summed E-state index contributed by atoms with van der Waals surface area (Å²) < 4.78 is 7.06. The maximum absolute atomic E-state index is 12.4. The van der Waals surface area contributed by atoms with Gasteiger partial charge in [0.05, 0.1) is 31.3 Å². The van der Waals surface area contributed by atoms with Crippen molar-refractivity contribution in [1.82, 2.24) is 14.7 Å². The van der Waals surface area contributed by atoms with Crippen LogP contribution in [-0.4, -0.2) is 52.8 Å². The Bertz CT molecular complexity index is 595. The number of carbonyl (C=O) groups is 2. The largest absolute Gasteiger partial charge is 0.466 e. The molecule has 2 heterocycles. The third-order valence-electron chi connectivity index (χ3n) is 5.10. The highest BCUT2D eigenvalue weighted by molar-refractivity contribution is 5.91. The molecule has 1 aliphatic heterocycles. The van der Waals surface area contributed by atoms with E-state index in [1.165, 1.54) is 12.8 Å². The lowest BCUT2D eigenvalue weighted by molar-refractivity contribution is -0.150. The number of esters is 1. The quantitative estimate of drug-likeness (QED) is 0.798. The number of anilines is 1. The first kappa shape index (κ1) is 17.9. The summed E-state index contributed by atoms with van der Waals surface area (Å²) in [5, 5.41) is 7.37. The highest BCUT2D eigenvalue weighted by Gasteiger charge is 2.28. The molecule has 0 spiro atoms. The predicted molar refractivity (Wildman–Crippen MR) is 94.2 cm³/mol. The van der Waals surface area contributed by atoms with Crippen LogP contribution in [0.4, 0.5) is 5.82 Å². The summed E-state index contributed by atoms with van der Waals surface area (Å²) in [5.74, 6) is 0.456. The van der Waals surface area contributed by atoms with Crippen LogP contribution in [-0.2, 0) is 14.3 Å². The Kier molecular flexibility index (Phi) is 6.07. The zero-order valence-electron chi connectivity index (χ0n) is 14.9. The highest BCUT2D eigenvalue weighted by Crippen LogP contribution is 2.31. The lowest BCUT2D eigenvalue weighted by Gasteiger charge is -2.30. The molecule has 25 heavy (non-hydrogen) atoms. The molecule has 2 aliphatic rings.